The molecule has 0 fully saturated rings. The van der Waals surface area contributed by atoms with Gasteiger partial charge in [0.05, 0.1) is 19.3 Å². The number of thiocarbonyl (C=S) groups is 1. The van der Waals surface area contributed by atoms with Crippen molar-refractivity contribution in [2.45, 2.75) is 20.8 Å². The first kappa shape index (κ1) is 17.4. The molecule has 0 atom stereocenters. The Bertz CT molecular complexity index is 555. The van der Waals surface area contributed by atoms with Crippen LogP contribution in [0.15, 0.2) is 0 Å². The summed E-state index contributed by atoms with van der Waals surface area (Å²) in [5.41, 5.74) is 1.31. The molecule has 1 rings (SSSR count). The Morgan fingerprint density at radius 1 is 1.33 bits per heavy atom. The van der Waals surface area contributed by atoms with Crippen molar-refractivity contribution in [2.75, 3.05) is 25.6 Å². The maximum absolute atomic E-state index is 11.8. The molecule has 2 N–H and O–H groups in total. The summed E-state index contributed by atoms with van der Waals surface area (Å²) in [7, 11) is 1.33. The molecule has 1 heterocycles. The van der Waals surface area contributed by atoms with Crippen molar-refractivity contribution in [3.05, 3.63) is 16.0 Å². The fourth-order valence-electron chi connectivity index (χ4n) is 1.57. The number of carbonyl (C=O) groups is 2. The van der Waals surface area contributed by atoms with Crippen molar-refractivity contribution in [1.29, 1.82) is 0 Å². The number of nitrogens with one attached hydrogen (secondary N) is 2. The van der Waals surface area contributed by atoms with E-state index in [1.807, 2.05) is 13.8 Å². The molecule has 0 unspecified atom stereocenters. The average Bonchev–Trinajstić information content (AvgIpc) is 2.71. The third-order valence-corrected chi connectivity index (χ3v) is 4.07. The van der Waals surface area contributed by atoms with Crippen LogP contribution >= 0.6 is 23.6 Å². The lowest BCUT2D eigenvalue weighted by molar-refractivity contribution is -0.141. The van der Waals surface area contributed by atoms with Gasteiger partial charge in [-0.3, -0.25) is 4.79 Å². The summed E-state index contributed by atoms with van der Waals surface area (Å²) in [6.45, 7) is 5.77. The number of hydrogen-bond donors (Lipinski definition) is 2. The fourth-order valence-corrected chi connectivity index (χ4v) is 2.87. The highest BCUT2D eigenvalue weighted by Gasteiger charge is 2.20. The van der Waals surface area contributed by atoms with Crippen LogP contribution in [0.2, 0.25) is 0 Å². The predicted molar refractivity (Wildman–Crippen MR) is 86.0 cm³/mol. The van der Waals surface area contributed by atoms with Crippen LogP contribution in [0, 0.1) is 13.8 Å². The zero-order valence-electron chi connectivity index (χ0n) is 12.4. The molecule has 0 aliphatic carbocycles. The maximum Gasteiger partial charge on any atom is 0.341 e. The van der Waals surface area contributed by atoms with Gasteiger partial charge in [-0.05, 0) is 38.6 Å². The quantitative estimate of drug-likeness (QED) is 0.631. The molecule has 0 aliphatic heterocycles. The maximum atomic E-state index is 11.8. The molecule has 1 aromatic rings. The Labute approximate surface area is 132 Å². The second-order valence-corrected chi connectivity index (χ2v) is 5.72. The lowest BCUT2D eigenvalue weighted by atomic mass is 10.1. The molecule has 8 heteroatoms. The summed E-state index contributed by atoms with van der Waals surface area (Å²) in [4.78, 5) is 24.0. The molecule has 6 nitrogen and oxygen atoms in total. The highest BCUT2D eigenvalue weighted by atomic mass is 32.1. The first-order valence-corrected chi connectivity index (χ1v) is 7.51. The number of esters is 2. The standard InChI is InChI=1S/C13H18N2O4S2/c1-5-19-9(16)6-14-13(20)15-11-10(12(17)18-4)7(2)8(3)21-11/h5-6H2,1-4H3,(H2,14,15,20). The first-order valence-electron chi connectivity index (χ1n) is 6.29. The lowest BCUT2D eigenvalue weighted by Gasteiger charge is -2.10. The van der Waals surface area contributed by atoms with Gasteiger partial charge >= 0.3 is 11.9 Å². The van der Waals surface area contributed by atoms with E-state index in [0.29, 0.717) is 17.2 Å². The lowest BCUT2D eigenvalue weighted by Crippen LogP contribution is -2.34. The molecular formula is C13H18N2O4S2. The van der Waals surface area contributed by atoms with Crippen LogP contribution in [0.4, 0.5) is 5.00 Å². The summed E-state index contributed by atoms with van der Waals surface area (Å²) >= 11 is 6.50. The van der Waals surface area contributed by atoms with Crippen LogP contribution in [-0.4, -0.2) is 37.3 Å². The van der Waals surface area contributed by atoms with E-state index in [4.69, 9.17) is 21.7 Å². The summed E-state index contributed by atoms with van der Waals surface area (Å²) in [6, 6.07) is 0. The average molecular weight is 330 g/mol. The number of thiophene rings is 1. The van der Waals surface area contributed by atoms with E-state index >= 15 is 0 Å². The third kappa shape index (κ3) is 4.68. The van der Waals surface area contributed by atoms with Crippen LogP contribution < -0.4 is 10.6 Å². The molecule has 0 aliphatic rings. The van der Waals surface area contributed by atoms with Gasteiger partial charge in [0.25, 0.3) is 0 Å². The molecule has 116 valence electrons. The molecule has 0 bridgehead atoms. The van der Waals surface area contributed by atoms with E-state index in [9.17, 15) is 9.59 Å². The highest BCUT2D eigenvalue weighted by molar-refractivity contribution is 7.80. The Morgan fingerprint density at radius 3 is 2.57 bits per heavy atom. The largest absolute Gasteiger partial charge is 0.465 e. The van der Waals surface area contributed by atoms with E-state index in [2.05, 4.69) is 10.6 Å². The minimum absolute atomic E-state index is 0.0312. The van der Waals surface area contributed by atoms with Gasteiger partial charge < -0.3 is 20.1 Å². The number of aryl methyl sites for hydroxylation is 1. The van der Waals surface area contributed by atoms with Gasteiger partial charge in [0.1, 0.15) is 11.5 Å². The Balaban J connectivity index is 2.74. The number of rotatable bonds is 5. The fraction of sp³-hybridized carbons (Fsp3) is 0.462. The van der Waals surface area contributed by atoms with Gasteiger partial charge in [-0.1, -0.05) is 0 Å². The first-order chi connectivity index (χ1) is 9.90. The SMILES string of the molecule is CCOC(=O)CNC(=S)Nc1sc(C)c(C)c1C(=O)OC. The number of hydrogen-bond acceptors (Lipinski definition) is 6. The Kier molecular flexibility index (Phi) is 6.57. The number of anilines is 1. The van der Waals surface area contributed by atoms with Crippen molar-refractivity contribution in [2.24, 2.45) is 0 Å². The van der Waals surface area contributed by atoms with E-state index in [0.717, 1.165) is 10.4 Å². The predicted octanol–water partition coefficient (Wildman–Crippen LogP) is 2.00. The van der Waals surface area contributed by atoms with Gasteiger partial charge in [0.15, 0.2) is 5.11 Å². The second kappa shape index (κ2) is 7.94. The van der Waals surface area contributed by atoms with Crippen LogP contribution in [-0.2, 0) is 14.3 Å². The van der Waals surface area contributed by atoms with Crippen molar-refractivity contribution in [1.82, 2.24) is 5.32 Å². The van der Waals surface area contributed by atoms with E-state index in [1.54, 1.807) is 6.92 Å². The molecule has 0 aromatic carbocycles. The number of carbonyl (C=O) groups excluding carboxylic acids is 2. The van der Waals surface area contributed by atoms with E-state index in [-0.39, 0.29) is 11.7 Å². The molecular weight excluding hydrogens is 312 g/mol. The van der Waals surface area contributed by atoms with Crippen molar-refractivity contribution < 1.29 is 19.1 Å². The van der Waals surface area contributed by atoms with E-state index < -0.39 is 11.9 Å². The third-order valence-electron chi connectivity index (χ3n) is 2.70. The molecule has 0 saturated carbocycles. The van der Waals surface area contributed by atoms with Crippen LogP contribution in [0.3, 0.4) is 0 Å². The van der Waals surface area contributed by atoms with Crippen LogP contribution in [0.1, 0.15) is 27.7 Å². The van der Waals surface area contributed by atoms with Gasteiger partial charge in [-0.2, -0.15) is 0 Å². The molecule has 0 amide bonds. The Morgan fingerprint density at radius 2 is 2.00 bits per heavy atom. The summed E-state index contributed by atoms with van der Waals surface area (Å²) in [5, 5.41) is 6.48. The monoisotopic (exact) mass is 330 g/mol. The summed E-state index contributed by atoms with van der Waals surface area (Å²) < 4.78 is 9.56. The normalized spacial score (nSPS) is 9.90. The molecule has 0 saturated heterocycles. The highest BCUT2D eigenvalue weighted by Crippen LogP contribution is 2.32. The zero-order chi connectivity index (χ0) is 16.0. The van der Waals surface area contributed by atoms with Crippen molar-refractivity contribution >= 4 is 45.6 Å². The van der Waals surface area contributed by atoms with Crippen molar-refractivity contribution in [3.8, 4) is 0 Å². The van der Waals surface area contributed by atoms with Gasteiger partial charge in [-0.15, -0.1) is 11.3 Å². The summed E-state index contributed by atoms with van der Waals surface area (Å²) in [6.07, 6.45) is 0. The Hall–Kier alpha value is -1.67. The zero-order valence-corrected chi connectivity index (χ0v) is 14.0. The van der Waals surface area contributed by atoms with Gasteiger partial charge in [0, 0.05) is 4.88 Å². The van der Waals surface area contributed by atoms with Crippen LogP contribution in [0.25, 0.3) is 0 Å². The molecule has 0 radical (unpaired) electrons. The van der Waals surface area contributed by atoms with Crippen LogP contribution in [0.5, 0.6) is 0 Å². The van der Waals surface area contributed by atoms with Gasteiger partial charge in [-0.25, -0.2) is 4.79 Å². The second-order valence-electron chi connectivity index (χ2n) is 4.09. The number of methoxy groups -OCH3 is 1. The van der Waals surface area contributed by atoms with Gasteiger partial charge in [0.2, 0.25) is 0 Å². The number of ether oxygens (including phenoxy) is 2. The molecule has 0 spiro atoms. The molecule has 21 heavy (non-hydrogen) atoms. The topological polar surface area (TPSA) is 76.7 Å². The smallest absolute Gasteiger partial charge is 0.341 e. The van der Waals surface area contributed by atoms with Crippen molar-refractivity contribution in [3.63, 3.8) is 0 Å². The summed E-state index contributed by atoms with van der Waals surface area (Å²) in [5.74, 6) is -0.819. The van der Waals surface area contributed by atoms with E-state index in [1.165, 1.54) is 18.4 Å². The minimum Gasteiger partial charge on any atom is -0.465 e. The minimum atomic E-state index is -0.424. The molecule has 1 aromatic heterocycles.